The van der Waals surface area contributed by atoms with E-state index in [1.54, 1.807) is 18.2 Å². The maximum absolute atomic E-state index is 11.0. The van der Waals surface area contributed by atoms with E-state index in [0.717, 1.165) is 25.7 Å². The van der Waals surface area contributed by atoms with Gasteiger partial charge >= 0.3 is 6.09 Å². The van der Waals surface area contributed by atoms with E-state index in [2.05, 4.69) is 6.92 Å². The van der Waals surface area contributed by atoms with Crippen LogP contribution in [0.4, 0.5) is 10.5 Å². The SMILES string of the molecule is CCCCCCCC(Cc1ccccc1[N+](=O)[O-])OC(N)=O. The molecule has 0 fully saturated rings. The van der Waals surface area contributed by atoms with Gasteiger partial charge in [0, 0.05) is 18.1 Å². The van der Waals surface area contributed by atoms with E-state index < -0.39 is 17.1 Å². The van der Waals surface area contributed by atoms with Crippen molar-refractivity contribution in [1.82, 2.24) is 0 Å². The lowest BCUT2D eigenvalue weighted by Gasteiger charge is -2.16. The van der Waals surface area contributed by atoms with Crippen LogP contribution in [0.15, 0.2) is 24.3 Å². The number of amides is 1. The number of hydrogen-bond donors (Lipinski definition) is 1. The molecule has 6 nitrogen and oxygen atoms in total. The van der Waals surface area contributed by atoms with E-state index in [9.17, 15) is 14.9 Å². The van der Waals surface area contributed by atoms with Crippen LogP contribution >= 0.6 is 0 Å². The zero-order valence-electron chi connectivity index (χ0n) is 13.0. The molecule has 1 unspecified atom stereocenters. The van der Waals surface area contributed by atoms with Gasteiger partial charge in [-0.25, -0.2) is 4.79 Å². The summed E-state index contributed by atoms with van der Waals surface area (Å²) in [7, 11) is 0. The molecule has 0 aliphatic carbocycles. The van der Waals surface area contributed by atoms with Gasteiger partial charge in [-0.15, -0.1) is 0 Å². The predicted molar refractivity (Wildman–Crippen MR) is 84.6 cm³/mol. The second-order valence-electron chi connectivity index (χ2n) is 5.35. The number of hydrogen-bond acceptors (Lipinski definition) is 4. The topological polar surface area (TPSA) is 95.5 Å². The molecule has 1 atom stereocenters. The zero-order valence-corrected chi connectivity index (χ0v) is 13.0. The Morgan fingerprint density at radius 2 is 1.95 bits per heavy atom. The van der Waals surface area contributed by atoms with Crippen LogP contribution in [0.3, 0.4) is 0 Å². The van der Waals surface area contributed by atoms with Crippen molar-refractivity contribution >= 4 is 11.8 Å². The molecule has 22 heavy (non-hydrogen) atoms. The Labute approximate surface area is 130 Å². The molecular formula is C16H24N2O4. The van der Waals surface area contributed by atoms with E-state index in [-0.39, 0.29) is 5.69 Å². The van der Waals surface area contributed by atoms with Gasteiger partial charge in [-0.3, -0.25) is 10.1 Å². The number of ether oxygens (including phenoxy) is 1. The summed E-state index contributed by atoms with van der Waals surface area (Å²) in [6.07, 6.45) is 5.19. The van der Waals surface area contributed by atoms with E-state index in [0.29, 0.717) is 18.4 Å². The largest absolute Gasteiger partial charge is 0.446 e. The van der Waals surface area contributed by atoms with Gasteiger partial charge in [0.1, 0.15) is 6.10 Å². The smallest absolute Gasteiger partial charge is 0.404 e. The van der Waals surface area contributed by atoms with Gasteiger partial charge in [-0.1, -0.05) is 50.8 Å². The van der Waals surface area contributed by atoms with E-state index in [1.165, 1.54) is 12.5 Å². The molecule has 0 aliphatic rings. The molecule has 1 amide bonds. The Kier molecular flexibility index (Phi) is 7.96. The first kappa shape index (κ1) is 17.9. The number of nitro groups is 1. The number of unbranched alkanes of at least 4 members (excludes halogenated alkanes) is 4. The van der Waals surface area contributed by atoms with Crippen LogP contribution in [-0.4, -0.2) is 17.1 Å². The third-order valence-electron chi connectivity index (χ3n) is 3.55. The molecule has 0 aromatic heterocycles. The molecule has 6 heteroatoms. The van der Waals surface area contributed by atoms with Crippen molar-refractivity contribution in [3.05, 3.63) is 39.9 Å². The fraction of sp³-hybridized carbons (Fsp3) is 0.562. The molecule has 0 heterocycles. The maximum atomic E-state index is 11.0. The molecule has 1 aromatic carbocycles. The van der Waals surface area contributed by atoms with Crippen molar-refractivity contribution in [2.75, 3.05) is 0 Å². The van der Waals surface area contributed by atoms with E-state index >= 15 is 0 Å². The number of nitrogens with two attached hydrogens (primary N) is 1. The molecule has 0 bridgehead atoms. The van der Waals surface area contributed by atoms with Crippen LogP contribution in [0.5, 0.6) is 0 Å². The lowest BCUT2D eigenvalue weighted by molar-refractivity contribution is -0.385. The van der Waals surface area contributed by atoms with Gasteiger partial charge < -0.3 is 10.5 Å². The van der Waals surface area contributed by atoms with Crippen molar-refractivity contribution in [2.45, 2.75) is 58.0 Å². The zero-order chi connectivity index (χ0) is 16.4. The first-order chi connectivity index (χ1) is 10.5. The molecule has 0 aliphatic heterocycles. The normalized spacial score (nSPS) is 11.9. The van der Waals surface area contributed by atoms with Crippen LogP contribution in [0.1, 0.15) is 51.0 Å². The highest BCUT2D eigenvalue weighted by molar-refractivity contribution is 5.64. The monoisotopic (exact) mass is 308 g/mol. The number of rotatable bonds is 10. The van der Waals surface area contributed by atoms with Gasteiger partial charge in [0.25, 0.3) is 5.69 Å². The average molecular weight is 308 g/mol. The summed E-state index contributed by atoms with van der Waals surface area (Å²) in [5.74, 6) is 0. The molecule has 0 saturated carbocycles. The summed E-state index contributed by atoms with van der Waals surface area (Å²) in [6, 6.07) is 6.51. The minimum absolute atomic E-state index is 0.0477. The van der Waals surface area contributed by atoms with Gasteiger partial charge in [-0.05, 0) is 12.8 Å². The van der Waals surface area contributed by atoms with Crippen LogP contribution in [0, 0.1) is 10.1 Å². The van der Waals surface area contributed by atoms with Crippen molar-refractivity contribution in [1.29, 1.82) is 0 Å². The van der Waals surface area contributed by atoms with Crippen LogP contribution in [-0.2, 0) is 11.2 Å². The highest BCUT2D eigenvalue weighted by Gasteiger charge is 2.19. The number of nitro benzene ring substituents is 1. The lowest BCUT2D eigenvalue weighted by atomic mass is 10.0. The third kappa shape index (κ3) is 6.56. The van der Waals surface area contributed by atoms with Crippen molar-refractivity contribution in [3.63, 3.8) is 0 Å². The standard InChI is InChI=1S/C16H24N2O4/c1-2-3-4-5-6-10-14(22-16(17)19)12-13-9-7-8-11-15(13)18(20)21/h7-9,11,14H,2-6,10,12H2,1H3,(H2,17,19). The summed E-state index contributed by atoms with van der Waals surface area (Å²) in [6.45, 7) is 2.15. The highest BCUT2D eigenvalue weighted by Crippen LogP contribution is 2.22. The van der Waals surface area contributed by atoms with Gasteiger partial charge in [-0.2, -0.15) is 0 Å². The molecule has 1 aromatic rings. The summed E-state index contributed by atoms with van der Waals surface area (Å²) >= 11 is 0. The number of carbonyl (C=O) groups is 1. The highest BCUT2D eigenvalue weighted by atomic mass is 16.6. The summed E-state index contributed by atoms with van der Waals surface area (Å²) in [5, 5.41) is 11.0. The van der Waals surface area contributed by atoms with Crippen molar-refractivity contribution < 1.29 is 14.5 Å². The Balaban J connectivity index is 2.64. The number of carbonyl (C=O) groups excluding carboxylic acids is 1. The van der Waals surface area contributed by atoms with E-state index in [1.807, 2.05) is 0 Å². The quantitative estimate of drug-likeness (QED) is 0.402. The average Bonchev–Trinajstić information content (AvgIpc) is 2.46. The lowest BCUT2D eigenvalue weighted by Crippen LogP contribution is -2.25. The first-order valence-electron chi connectivity index (χ1n) is 7.73. The van der Waals surface area contributed by atoms with Crippen LogP contribution < -0.4 is 5.73 Å². The fourth-order valence-electron chi connectivity index (χ4n) is 2.45. The first-order valence-corrected chi connectivity index (χ1v) is 7.73. The summed E-state index contributed by atoms with van der Waals surface area (Å²) < 4.78 is 5.11. The van der Waals surface area contributed by atoms with Crippen molar-refractivity contribution in [3.8, 4) is 0 Å². The van der Waals surface area contributed by atoms with Gasteiger partial charge in [0.2, 0.25) is 0 Å². The molecule has 122 valence electrons. The number of benzene rings is 1. The Morgan fingerprint density at radius 1 is 1.27 bits per heavy atom. The Bertz CT molecular complexity index is 491. The van der Waals surface area contributed by atoms with Gasteiger partial charge in [0.15, 0.2) is 0 Å². The second kappa shape index (κ2) is 9.76. The Hall–Kier alpha value is -2.11. The molecular weight excluding hydrogens is 284 g/mol. The molecule has 1 rings (SSSR count). The summed E-state index contributed by atoms with van der Waals surface area (Å²) in [4.78, 5) is 21.6. The minimum Gasteiger partial charge on any atom is -0.446 e. The second-order valence-corrected chi connectivity index (χ2v) is 5.35. The molecule has 0 saturated heterocycles. The fourth-order valence-corrected chi connectivity index (χ4v) is 2.45. The molecule has 2 N–H and O–H groups in total. The molecule has 0 radical (unpaired) electrons. The number of para-hydroxylation sites is 1. The number of primary amides is 1. The molecule has 0 spiro atoms. The van der Waals surface area contributed by atoms with E-state index in [4.69, 9.17) is 10.5 Å². The number of nitrogens with zero attached hydrogens (tertiary/aromatic N) is 1. The van der Waals surface area contributed by atoms with Crippen LogP contribution in [0.25, 0.3) is 0 Å². The summed E-state index contributed by atoms with van der Waals surface area (Å²) in [5.41, 5.74) is 5.71. The predicted octanol–water partition coefficient (Wildman–Crippen LogP) is 3.96. The maximum Gasteiger partial charge on any atom is 0.404 e. The Morgan fingerprint density at radius 3 is 2.59 bits per heavy atom. The third-order valence-corrected chi connectivity index (χ3v) is 3.55. The van der Waals surface area contributed by atoms with Crippen LogP contribution in [0.2, 0.25) is 0 Å². The van der Waals surface area contributed by atoms with Gasteiger partial charge in [0.05, 0.1) is 4.92 Å². The minimum atomic E-state index is -0.836. The van der Waals surface area contributed by atoms with Crippen molar-refractivity contribution in [2.24, 2.45) is 5.73 Å².